The molecular weight excluding hydrogens is 498 g/mol. The van der Waals surface area contributed by atoms with Crippen LogP contribution in [0.1, 0.15) is 54.0 Å². The maximum atomic E-state index is 13.1. The minimum Gasteiger partial charge on any atom is -0.494 e. The Bertz CT molecular complexity index is 1190. The molecule has 39 heavy (non-hydrogen) atoms. The summed E-state index contributed by atoms with van der Waals surface area (Å²) in [5.41, 5.74) is 2.92. The van der Waals surface area contributed by atoms with Gasteiger partial charge in [0.1, 0.15) is 11.5 Å². The molecule has 1 heterocycles. The highest BCUT2D eigenvalue weighted by Crippen LogP contribution is 2.32. The van der Waals surface area contributed by atoms with Crippen LogP contribution in [0.2, 0.25) is 0 Å². The van der Waals surface area contributed by atoms with E-state index in [0.717, 1.165) is 31.2 Å². The summed E-state index contributed by atoms with van der Waals surface area (Å²) in [6.07, 6.45) is 3.30. The van der Waals surface area contributed by atoms with Gasteiger partial charge in [0.05, 0.1) is 32.1 Å². The third-order valence-corrected chi connectivity index (χ3v) is 6.09. The van der Waals surface area contributed by atoms with E-state index < -0.39 is 12.3 Å². The van der Waals surface area contributed by atoms with Crippen molar-refractivity contribution in [1.29, 1.82) is 0 Å². The van der Waals surface area contributed by atoms with E-state index in [1.54, 1.807) is 49.4 Å². The molecule has 8 heteroatoms. The molecule has 0 atom stereocenters. The number of esters is 1. The van der Waals surface area contributed by atoms with Crippen molar-refractivity contribution in [3.05, 3.63) is 89.5 Å². The fourth-order valence-corrected chi connectivity index (χ4v) is 4.10. The molecule has 8 nitrogen and oxygen atoms in total. The van der Waals surface area contributed by atoms with Gasteiger partial charge in [-0.3, -0.25) is 4.79 Å². The van der Waals surface area contributed by atoms with Crippen LogP contribution in [0.15, 0.2) is 72.8 Å². The number of benzene rings is 3. The fraction of sp³-hybridized carbons (Fsp3) is 0.355. The predicted molar refractivity (Wildman–Crippen MR) is 147 cm³/mol. The highest BCUT2D eigenvalue weighted by molar-refractivity contribution is 6.05. The van der Waals surface area contributed by atoms with E-state index in [1.165, 1.54) is 5.56 Å². The van der Waals surface area contributed by atoms with Gasteiger partial charge >= 0.3 is 5.97 Å². The topological polar surface area (TPSA) is 92.3 Å². The van der Waals surface area contributed by atoms with E-state index in [1.807, 2.05) is 6.07 Å². The monoisotopic (exact) mass is 533 g/mol. The zero-order valence-corrected chi connectivity index (χ0v) is 22.2. The molecule has 0 aromatic heterocycles. The quantitative estimate of drug-likeness (QED) is 0.222. The Kier molecular flexibility index (Phi) is 10.7. The third-order valence-electron chi connectivity index (χ3n) is 6.09. The highest BCUT2D eigenvalue weighted by Gasteiger charge is 2.20. The standard InChI is InChI=1S/C31H35NO7/c1-2-35-29(33)22-39-28-17-14-25(31-37-19-8-20-38-31)21-27(28)32-30(34)24-12-15-26(16-13-24)36-18-7-6-11-23-9-4-3-5-10-23/h3-5,9-10,12-17,21,31H,2,6-8,11,18-20,22H2,1H3,(H,32,34). The van der Waals surface area contributed by atoms with Crippen LogP contribution < -0.4 is 14.8 Å². The molecule has 1 aliphatic rings. The Balaban J connectivity index is 1.34. The number of amides is 1. The lowest BCUT2D eigenvalue weighted by Crippen LogP contribution is -2.19. The lowest BCUT2D eigenvalue weighted by Gasteiger charge is -2.24. The number of unbranched alkanes of at least 4 members (excludes halogenated alkanes) is 1. The Labute approximate surface area is 229 Å². The molecule has 1 N–H and O–H groups in total. The fourth-order valence-electron chi connectivity index (χ4n) is 4.10. The van der Waals surface area contributed by atoms with E-state index >= 15 is 0 Å². The van der Waals surface area contributed by atoms with E-state index in [9.17, 15) is 9.59 Å². The zero-order valence-electron chi connectivity index (χ0n) is 22.2. The van der Waals surface area contributed by atoms with Crippen LogP contribution in [0.3, 0.4) is 0 Å². The second-order valence-electron chi connectivity index (χ2n) is 9.05. The molecule has 0 aliphatic carbocycles. The van der Waals surface area contributed by atoms with Crippen LogP contribution in [0.25, 0.3) is 0 Å². The Morgan fingerprint density at radius 3 is 2.44 bits per heavy atom. The van der Waals surface area contributed by atoms with Crippen molar-refractivity contribution in [2.45, 2.75) is 38.9 Å². The Hall–Kier alpha value is -3.88. The van der Waals surface area contributed by atoms with Gasteiger partial charge in [-0.1, -0.05) is 36.4 Å². The number of nitrogens with one attached hydrogen (secondary N) is 1. The van der Waals surface area contributed by atoms with E-state index in [2.05, 4.69) is 29.6 Å². The summed E-state index contributed by atoms with van der Waals surface area (Å²) >= 11 is 0. The zero-order chi connectivity index (χ0) is 27.3. The van der Waals surface area contributed by atoms with Crippen molar-refractivity contribution in [3.8, 4) is 11.5 Å². The SMILES string of the molecule is CCOC(=O)COc1ccc(C2OCCCO2)cc1NC(=O)c1ccc(OCCCCc2ccccc2)cc1. The molecule has 1 aliphatic heterocycles. The third kappa shape index (κ3) is 8.84. The minimum atomic E-state index is -0.530. The summed E-state index contributed by atoms with van der Waals surface area (Å²) in [5, 5.41) is 2.89. The van der Waals surface area contributed by atoms with Gasteiger partial charge in [0, 0.05) is 11.1 Å². The molecule has 1 amide bonds. The van der Waals surface area contributed by atoms with Gasteiger partial charge in [-0.25, -0.2) is 4.79 Å². The molecule has 1 saturated heterocycles. The van der Waals surface area contributed by atoms with Crippen LogP contribution in [0.4, 0.5) is 5.69 Å². The summed E-state index contributed by atoms with van der Waals surface area (Å²) in [4.78, 5) is 24.9. The molecule has 0 bridgehead atoms. The summed E-state index contributed by atoms with van der Waals surface area (Å²) in [6, 6.07) is 22.6. The molecule has 4 rings (SSSR count). The average Bonchev–Trinajstić information content (AvgIpc) is 2.98. The van der Waals surface area contributed by atoms with Gasteiger partial charge in [0.25, 0.3) is 5.91 Å². The van der Waals surface area contributed by atoms with Crippen molar-refractivity contribution < 1.29 is 33.3 Å². The minimum absolute atomic E-state index is 0.258. The van der Waals surface area contributed by atoms with Crippen molar-refractivity contribution >= 4 is 17.6 Å². The number of rotatable bonds is 13. The molecule has 3 aromatic carbocycles. The van der Waals surface area contributed by atoms with Crippen molar-refractivity contribution in [3.63, 3.8) is 0 Å². The number of hydrogen-bond acceptors (Lipinski definition) is 7. The molecular formula is C31H35NO7. The number of anilines is 1. The van der Waals surface area contributed by atoms with Gasteiger partial charge in [-0.2, -0.15) is 0 Å². The van der Waals surface area contributed by atoms with E-state index in [-0.39, 0.29) is 19.1 Å². The Morgan fingerprint density at radius 2 is 1.69 bits per heavy atom. The van der Waals surface area contributed by atoms with Gasteiger partial charge in [0.15, 0.2) is 12.9 Å². The maximum absolute atomic E-state index is 13.1. The lowest BCUT2D eigenvalue weighted by atomic mass is 10.1. The normalized spacial score (nSPS) is 13.5. The van der Waals surface area contributed by atoms with Crippen LogP contribution in [-0.4, -0.2) is 44.9 Å². The average molecular weight is 534 g/mol. The Morgan fingerprint density at radius 1 is 0.923 bits per heavy atom. The van der Waals surface area contributed by atoms with E-state index in [4.69, 9.17) is 23.7 Å². The summed E-state index contributed by atoms with van der Waals surface area (Å²) in [7, 11) is 0. The number of hydrogen-bond donors (Lipinski definition) is 1. The molecule has 0 spiro atoms. The number of carbonyl (C=O) groups is 2. The van der Waals surface area contributed by atoms with Gasteiger partial charge in [-0.15, -0.1) is 0 Å². The highest BCUT2D eigenvalue weighted by atomic mass is 16.7. The molecule has 1 fully saturated rings. The molecule has 206 valence electrons. The number of aryl methyl sites for hydroxylation is 1. The summed E-state index contributed by atoms with van der Waals surface area (Å²) < 4.78 is 27.8. The lowest BCUT2D eigenvalue weighted by molar-refractivity contribution is -0.183. The second kappa shape index (κ2) is 14.9. The van der Waals surface area contributed by atoms with Gasteiger partial charge in [0.2, 0.25) is 0 Å². The van der Waals surface area contributed by atoms with Crippen LogP contribution in [0.5, 0.6) is 11.5 Å². The van der Waals surface area contributed by atoms with Crippen LogP contribution in [-0.2, 0) is 25.4 Å². The second-order valence-corrected chi connectivity index (χ2v) is 9.05. The van der Waals surface area contributed by atoms with E-state index in [0.29, 0.717) is 42.6 Å². The molecule has 0 saturated carbocycles. The van der Waals surface area contributed by atoms with Crippen LogP contribution in [0, 0.1) is 0 Å². The molecule has 0 radical (unpaired) electrons. The molecule has 3 aromatic rings. The summed E-state index contributed by atoms with van der Waals surface area (Å²) in [5.74, 6) is 0.228. The van der Waals surface area contributed by atoms with Gasteiger partial charge < -0.3 is 29.0 Å². The van der Waals surface area contributed by atoms with Crippen molar-refractivity contribution in [1.82, 2.24) is 0 Å². The number of ether oxygens (including phenoxy) is 5. The number of carbonyl (C=O) groups excluding carboxylic acids is 2. The summed E-state index contributed by atoms with van der Waals surface area (Å²) in [6.45, 7) is 3.50. The smallest absolute Gasteiger partial charge is 0.344 e. The first-order valence-electron chi connectivity index (χ1n) is 13.4. The first kappa shape index (κ1) is 28.1. The first-order chi connectivity index (χ1) is 19.1. The van der Waals surface area contributed by atoms with Crippen molar-refractivity contribution in [2.24, 2.45) is 0 Å². The maximum Gasteiger partial charge on any atom is 0.344 e. The van der Waals surface area contributed by atoms with Gasteiger partial charge in [-0.05, 0) is 74.6 Å². The van der Waals surface area contributed by atoms with Crippen molar-refractivity contribution in [2.75, 3.05) is 38.4 Å². The van der Waals surface area contributed by atoms with Crippen LogP contribution >= 0.6 is 0 Å². The predicted octanol–water partition coefficient (Wildman–Crippen LogP) is 5.72. The molecule has 0 unspecified atom stereocenters. The largest absolute Gasteiger partial charge is 0.494 e. The first-order valence-corrected chi connectivity index (χ1v) is 13.4.